The number of hydrogen-bond acceptors (Lipinski definition) is 7. The Morgan fingerprint density at radius 3 is 2.08 bits per heavy atom. The summed E-state index contributed by atoms with van der Waals surface area (Å²) < 4.78 is 39.1. The highest BCUT2D eigenvalue weighted by Gasteiger charge is 2.31. The van der Waals surface area contributed by atoms with Gasteiger partial charge < -0.3 is 31.3 Å². The number of carboxylic acid groups (broad SMARTS) is 3. The van der Waals surface area contributed by atoms with Crippen LogP contribution in [0.15, 0.2) is 42.6 Å². The minimum Gasteiger partial charge on any atom is -0.481 e. The van der Waals surface area contributed by atoms with E-state index < -0.39 is 79.2 Å². The van der Waals surface area contributed by atoms with Crippen molar-refractivity contribution in [3.8, 4) is 0 Å². The molecule has 2 atom stereocenters. The summed E-state index contributed by atoms with van der Waals surface area (Å²) in [7, 11) is 0. The molecule has 1 heterocycles. The number of aromatic nitrogens is 1. The summed E-state index contributed by atoms with van der Waals surface area (Å²) in [5.41, 5.74) is -1.21. The third-order valence-electron chi connectivity index (χ3n) is 5.04. The van der Waals surface area contributed by atoms with E-state index in [-0.39, 0.29) is 17.1 Å². The van der Waals surface area contributed by atoms with Crippen LogP contribution >= 0.6 is 0 Å². The van der Waals surface area contributed by atoms with Crippen molar-refractivity contribution in [2.24, 2.45) is 0 Å². The monoisotopic (exact) mass is 540 g/mol. The van der Waals surface area contributed by atoms with Gasteiger partial charge in [0.25, 0.3) is 5.91 Å². The molecule has 0 aliphatic heterocycles. The number of rotatable bonds is 13. The molecule has 2 rings (SSSR count). The maximum Gasteiger partial charge on any atom is 0.416 e. The van der Waals surface area contributed by atoms with E-state index in [1.54, 1.807) is 0 Å². The molecule has 15 heteroatoms. The second-order valence-electron chi connectivity index (χ2n) is 7.89. The van der Waals surface area contributed by atoms with Gasteiger partial charge in [0.05, 0.1) is 11.1 Å². The normalized spacial score (nSPS) is 12.6. The summed E-state index contributed by atoms with van der Waals surface area (Å²) in [4.78, 5) is 62.9. The van der Waals surface area contributed by atoms with Crippen molar-refractivity contribution < 1.29 is 52.5 Å². The van der Waals surface area contributed by atoms with Gasteiger partial charge in [0.1, 0.15) is 17.9 Å². The number of hydrogen-bond donors (Lipinski definition) is 6. The number of halogens is 3. The van der Waals surface area contributed by atoms with Gasteiger partial charge in [0.15, 0.2) is 0 Å². The van der Waals surface area contributed by atoms with Gasteiger partial charge in [-0.15, -0.1) is 0 Å². The molecule has 0 aliphatic carbocycles. The first-order valence-electron chi connectivity index (χ1n) is 10.9. The zero-order valence-electron chi connectivity index (χ0n) is 19.5. The fourth-order valence-electron chi connectivity index (χ4n) is 3.17. The van der Waals surface area contributed by atoms with Gasteiger partial charge in [-0.05, 0) is 43.2 Å². The molecule has 1 aromatic carbocycles. The number of pyridine rings is 1. The lowest BCUT2D eigenvalue weighted by molar-refractivity contribution is -0.144. The molecule has 1 aromatic heterocycles. The van der Waals surface area contributed by atoms with Crippen molar-refractivity contribution in [2.75, 3.05) is 5.32 Å². The summed E-state index contributed by atoms with van der Waals surface area (Å²) in [5.74, 6) is -6.37. The number of nitrogens with one attached hydrogen (secondary N) is 3. The number of nitrogens with zero attached hydrogens (tertiary/aromatic N) is 1. The van der Waals surface area contributed by atoms with E-state index in [1.807, 2.05) is 0 Å². The first-order chi connectivity index (χ1) is 17.8. The average Bonchev–Trinajstić information content (AvgIpc) is 2.83. The summed E-state index contributed by atoms with van der Waals surface area (Å²) in [5, 5.41) is 34.0. The Hall–Kier alpha value is -4.69. The van der Waals surface area contributed by atoms with Crippen LogP contribution in [0.5, 0.6) is 0 Å². The second-order valence-corrected chi connectivity index (χ2v) is 7.89. The van der Waals surface area contributed by atoms with Gasteiger partial charge in [-0.3, -0.25) is 19.2 Å². The molecule has 6 N–H and O–H groups in total. The van der Waals surface area contributed by atoms with Gasteiger partial charge in [-0.1, -0.05) is 6.07 Å². The fourth-order valence-corrected chi connectivity index (χ4v) is 3.17. The Bertz CT molecular complexity index is 1210. The maximum absolute atomic E-state index is 13.0. The van der Waals surface area contributed by atoms with Crippen LogP contribution in [-0.2, 0) is 25.4 Å². The minimum atomic E-state index is -4.62. The smallest absolute Gasteiger partial charge is 0.416 e. The number of carboxylic acids is 3. The van der Waals surface area contributed by atoms with Crippen molar-refractivity contribution in [1.82, 2.24) is 15.6 Å². The van der Waals surface area contributed by atoms with E-state index in [1.165, 1.54) is 24.4 Å². The lowest BCUT2D eigenvalue weighted by Crippen LogP contribution is -2.51. The molecule has 0 saturated heterocycles. The van der Waals surface area contributed by atoms with Gasteiger partial charge in [0.2, 0.25) is 5.91 Å². The first-order valence-corrected chi connectivity index (χ1v) is 10.9. The Labute approximate surface area is 212 Å². The largest absolute Gasteiger partial charge is 0.481 e. The number of carbonyl (C=O) groups is 5. The lowest BCUT2D eigenvalue weighted by Gasteiger charge is -2.21. The molecule has 0 radical (unpaired) electrons. The Balaban J connectivity index is 2.26. The standard InChI is InChI=1S/C23H23F3N4O8/c24-23(25,26)12-3-1-4-13(11-12)28-19-14(5-2-10-27-19)20(35)29-15(6-8-17(31)32)21(36)30-16(22(37)38)7-9-18(33)34/h1-5,10-11,15-16H,6-9H2,(H,27,28)(H,29,35)(H,30,36)(H,31,32)(H,33,34)(H,37,38). The molecule has 12 nitrogen and oxygen atoms in total. The number of anilines is 2. The number of carbonyl (C=O) groups excluding carboxylic acids is 2. The second kappa shape index (κ2) is 13.0. The first kappa shape index (κ1) is 29.5. The van der Waals surface area contributed by atoms with Crippen LogP contribution in [0, 0.1) is 0 Å². The molecule has 0 aliphatic rings. The Morgan fingerprint density at radius 1 is 0.868 bits per heavy atom. The molecule has 0 bridgehead atoms. The fraction of sp³-hybridized carbons (Fsp3) is 0.304. The lowest BCUT2D eigenvalue weighted by atomic mass is 10.1. The Morgan fingerprint density at radius 2 is 1.50 bits per heavy atom. The topological polar surface area (TPSA) is 195 Å². The minimum absolute atomic E-state index is 0.0459. The molecule has 2 amide bonds. The molecule has 0 saturated carbocycles. The van der Waals surface area contributed by atoms with Gasteiger partial charge >= 0.3 is 24.1 Å². The van der Waals surface area contributed by atoms with Crippen molar-refractivity contribution in [3.05, 3.63) is 53.7 Å². The predicted molar refractivity (Wildman–Crippen MR) is 124 cm³/mol. The summed E-state index contributed by atoms with van der Waals surface area (Å²) in [6.07, 6.45) is -5.46. The number of benzene rings is 1. The van der Waals surface area contributed by atoms with E-state index in [9.17, 15) is 42.3 Å². The van der Waals surface area contributed by atoms with Crippen molar-refractivity contribution >= 4 is 41.2 Å². The molecular weight excluding hydrogens is 517 g/mol. The number of alkyl halides is 3. The van der Waals surface area contributed by atoms with Crippen molar-refractivity contribution in [1.29, 1.82) is 0 Å². The molecule has 2 aromatic rings. The van der Waals surface area contributed by atoms with E-state index in [0.29, 0.717) is 0 Å². The third kappa shape index (κ3) is 9.07. The third-order valence-corrected chi connectivity index (χ3v) is 5.04. The quantitative estimate of drug-likeness (QED) is 0.219. The highest BCUT2D eigenvalue weighted by atomic mass is 19.4. The van der Waals surface area contributed by atoms with E-state index in [4.69, 9.17) is 10.2 Å². The van der Waals surface area contributed by atoms with Gasteiger partial charge in [-0.2, -0.15) is 13.2 Å². The SMILES string of the molecule is O=C(O)CCC(NC(=O)C(CCC(=O)O)NC(=O)c1cccnc1Nc1cccc(C(F)(F)F)c1)C(=O)O. The van der Waals surface area contributed by atoms with Crippen molar-refractivity contribution in [3.63, 3.8) is 0 Å². The van der Waals surface area contributed by atoms with Crippen LogP contribution in [0.1, 0.15) is 41.6 Å². The van der Waals surface area contributed by atoms with Crippen molar-refractivity contribution in [2.45, 2.75) is 43.9 Å². The summed E-state index contributed by atoms with van der Waals surface area (Å²) in [6, 6.07) is 3.50. The van der Waals surface area contributed by atoms with E-state index in [0.717, 1.165) is 18.2 Å². The highest BCUT2D eigenvalue weighted by molar-refractivity contribution is 6.02. The molecule has 0 fully saturated rings. The van der Waals surface area contributed by atoms with Crippen LogP contribution in [0.2, 0.25) is 0 Å². The van der Waals surface area contributed by atoms with Crippen LogP contribution < -0.4 is 16.0 Å². The van der Waals surface area contributed by atoms with Crippen LogP contribution in [-0.4, -0.2) is 62.1 Å². The molecule has 204 valence electrons. The molecule has 38 heavy (non-hydrogen) atoms. The van der Waals surface area contributed by atoms with E-state index in [2.05, 4.69) is 20.9 Å². The summed E-state index contributed by atoms with van der Waals surface area (Å²) >= 11 is 0. The summed E-state index contributed by atoms with van der Waals surface area (Å²) in [6.45, 7) is 0. The molecule has 2 unspecified atom stereocenters. The van der Waals surface area contributed by atoms with Gasteiger partial charge in [-0.25, -0.2) is 9.78 Å². The average molecular weight is 540 g/mol. The van der Waals surface area contributed by atoms with Crippen LogP contribution in [0.3, 0.4) is 0 Å². The zero-order chi connectivity index (χ0) is 28.5. The van der Waals surface area contributed by atoms with E-state index >= 15 is 0 Å². The number of aliphatic carboxylic acids is 3. The van der Waals surface area contributed by atoms with Crippen LogP contribution in [0.25, 0.3) is 0 Å². The number of amides is 2. The van der Waals surface area contributed by atoms with Gasteiger partial charge in [0, 0.05) is 24.7 Å². The molecule has 0 spiro atoms. The molecular formula is C23H23F3N4O8. The Kier molecular flexibility index (Phi) is 10.1. The zero-order valence-corrected chi connectivity index (χ0v) is 19.5. The predicted octanol–water partition coefficient (Wildman–Crippen LogP) is 2.24. The maximum atomic E-state index is 13.0. The highest BCUT2D eigenvalue weighted by Crippen LogP contribution is 2.31. The van der Waals surface area contributed by atoms with Crippen LogP contribution in [0.4, 0.5) is 24.7 Å².